The number of nitro groups is 1. The number of rotatable bonds is 7. The number of benzene rings is 1. The van der Waals surface area contributed by atoms with Crippen LogP contribution in [0.2, 0.25) is 0 Å². The van der Waals surface area contributed by atoms with Crippen LogP contribution in [0, 0.1) is 22.9 Å². The number of amides is 1. The number of nitrogens with zero attached hydrogens (tertiary/aromatic N) is 1. The Balaban J connectivity index is 2.74. The fourth-order valence-electron chi connectivity index (χ4n) is 1.68. The number of carbonyl (C=O) groups is 1. The molecule has 110 valence electrons. The quantitative estimate of drug-likeness (QED) is 0.454. The molecule has 6 nitrogen and oxygen atoms in total. The Kier molecular flexibility index (Phi) is 6.05. The van der Waals surface area contributed by atoms with Crippen molar-refractivity contribution in [3.05, 3.63) is 39.2 Å². The molecule has 0 aliphatic carbocycles. The van der Waals surface area contributed by atoms with Gasteiger partial charge in [0.15, 0.2) is 0 Å². The van der Waals surface area contributed by atoms with Gasteiger partial charge in [-0.2, -0.15) is 0 Å². The average molecular weight is 283 g/mol. The Hall–Kier alpha value is -2.02. The fraction of sp³-hybridized carbons (Fsp3) is 0.462. The summed E-state index contributed by atoms with van der Waals surface area (Å²) in [6.45, 7) is 5.14. The third-order valence-electron chi connectivity index (χ3n) is 2.71. The second kappa shape index (κ2) is 7.54. The predicted molar refractivity (Wildman–Crippen MR) is 73.3 cm³/mol. The lowest BCUT2D eigenvalue weighted by Gasteiger charge is -2.08. The number of nitro benzene ring substituents is 1. The van der Waals surface area contributed by atoms with Crippen molar-refractivity contribution in [3.63, 3.8) is 0 Å². The lowest BCUT2D eigenvalue weighted by Crippen LogP contribution is -2.32. The monoisotopic (exact) mass is 283 g/mol. The van der Waals surface area contributed by atoms with E-state index in [0.29, 0.717) is 13.1 Å². The predicted octanol–water partition coefficient (Wildman–Crippen LogP) is 1.77. The molecule has 1 rings (SSSR count). The summed E-state index contributed by atoms with van der Waals surface area (Å²) in [4.78, 5) is 21.9. The standard InChI is InChI=1S/C13H18FN3O3/c1-3-4-15-5-6-16-13(18)11-8-10(17(19)20)7-9(2)12(11)14/h7-8,15H,3-6H2,1-2H3,(H,16,18). The van der Waals surface area contributed by atoms with E-state index in [1.54, 1.807) is 0 Å². The highest BCUT2D eigenvalue weighted by Crippen LogP contribution is 2.20. The van der Waals surface area contributed by atoms with Gasteiger partial charge < -0.3 is 10.6 Å². The highest BCUT2D eigenvalue weighted by molar-refractivity contribution is 5.95. The summed E-state index contributed by atoms with van der Waals surface area (Å²) in [5.41, 5.74) is -0.515. The number of nitrogens with one attached hydrogen (secondary N) is 2. The van der Waals surface area contributed by atoms with Crippen LogP contribution in [0.15, 0.2) is 12.1 Å². The summed E-state index contributed by atoms with van der Waals surface area (Å²) >= 11 is 0. The second-order valence-electron chi connectivity index (χ2n) is 4.39. The van der Waals surface area contributed by atoms with Crippen molar-refractivity contribution in [2.45, 2.75) is 20.3 Å². The smallest absolute Gasteiger partial charge is 0.270 e. The van der Waals surface area contributed by atoms with Crippen molar-refractivity contribution in [3.8, 4) is 0 Å². The van der Waals surface area contributed by atoms with Crippen LogP contribution in [0.25, 0.3) is 0 Å². The van der Waals surface area contributed by atoms with Crippen LogP contribution < -0.4 is 10.6 Å². The summed E-state index contributed by atoms with van der Waals surface area (Å²) in [7, 11) is 0. The first-order valence-electron chi connectivity index (χ1n) is 6.40. The van der Waals surface area contributed by atoms with Gasteiger partial charge in [-0.1, -0.05) is 6.92 Å². The van der Waals surface area contributed by atoms with Gasteiger partial charge in [0, 0.05) is 25.2 Å². The van der Waals surface area contributed by atoms with Gasteiger partial charge in [-0.25, -0.2) is 4.39 Å². The fourth-order valence-corrected chi connectivity index (χ4v) is 1.68. The van der Waals surface area contributed by atoms with Gasteiger partial charge in [0.1, 0.15) is 5.82 Å². The van der Waals surface area contributed by atoms with E-state index < -0.39 is 16.6 Å². The summed E-state index contributed by atoms with van der Waals surface area (Å²) in [6.07, 6.45) is 0.979. The largest absolute Gasteiger partial charge is 0.351 e. The first kappa shape index (κ1) is 16.0. The summed E-state index contributed by atoms with van der Waals surface area (Å²) < 4.78 is 13.8. The topological polar surface area (TPSA) is 84.3 Å². The lowest BCUT2D eigenvalue weighted by molar-refractivity contribution is -0.385. The number of carbonyl (C=O) groups excluding carboxylic acids is 1. The molecule has 0 unspecified atom stereocenters. The third-order valence-corrected chi connectivity index (χ3v) is 2.71. The Morgan fingerprint density at radius 1 is 1.35 bits per heavy atom. The maximum atomic E-state index is 13.8. The van der Waals surface area contributed by atoms with Gasteiger partial charge in [-0.3, -0.25) is 14.9 Å². The van der Waals surface area contributed by atoms with Crippen LogP contribution in [0.4, 0.5) is 10.1 Å². The Labute approximate surface area is 116 Å². The number of halogens is 1. The molecular formula is C13H18FN3O3. The lowest BCUT2D eigenvalue weighted by atomic mass is 10.1. The summed E-state index contributed by atoms with van der Waals surface area (Å²) in [5, 5.41) is 16.3. The van der Waals surface area contributed by atoms with Crippen LogP contribution in [0.5, 0.6) is 0 Å². The molecule has 0 radical (unpaired) electrons. The SMILES string of the molecule is CCCNCCNC(=O)c1cc([N+](=O)[O-])cc(C)c1F. The van der Waals surface area contributed by atoms with Crippen LogP contribution in [0.1, 0.15) is 29.3 Å². The van der Waals surface area contributed by atoms with Crippen molar-refractivity contribution in [1.82, 2.24) is 10.6 Å². The van der Waals surface area contributed by atoms with E-state index in [9.17, 15) is 19.3 Å². The Morgan fingerprint density at radius 2 is 2.05 bits per heavy atom. The van der Waals surface area contributed by atoms with Gasteiger partial charge in [0.05, 0.1) is 10.5 Å². The molecule has 1 aromatic rings. The minimum Gasteiger partial charge on any atom is -0.351 e. The third kappa shape index (κ3) is 4.27. The molecule has 0 saturated carbocycles. The van der Waals surface area contributed by atoms with Crippen molar-refractivity contribution < 1.29 is 14.1 Å². The zero-order valence-electron chi connectivity index (χ0n) is 11.5. The molecule has 0 aromatic heterocycles. The Bertz CT molecular complexity index is 506. The van der Waals surface area contributed by atoms with Crippen molar-refractivity contribution in [2.75, 3.05) is 19.6 Å². The van der Waals surface area contributed by atoms with E-state index in [4.69, 9.17) is 0 Å². The maximum Gasteiger partial charge on any atom is 0.270 e. The molecule has 0 heterocycles. The minimum absolute atomic E-state index is 0.0773. The van der Waals surface area contributed by atoms with E-state index >= 15 is 0 Å². The summed E-state index contributed by atoms with van der Waals surface area (Å²) in [5.74, 6) is -1.37. The van der Waals surface area contributed by atoms with E-state index in [1.807, 2.05) is 6.92 Å². The second-order valence-corrected chi connectivity index (χ2v) is 4.39. The molecule has 1 aromatic carbocycles. The van der Waals surface area contributed by atoms with Crippen molar-refractivity contribution >= 4 is 11.6 Å². The average Bonchev–Trinajstić information content (AvgIpc) is 2.41. The van der Waals surface area contributed by atoms with Gasteiger partial charge in [-0.05, 0) is 25.5 Å². The molecule has 0 aliphatic rings. The molecule has 0 saturated heterocycles. The zero-order chi connectivity index (χ0) is 15.1. The van der Waals surface area contributed by atoms with E-state index in [2.05, 4.69) is 10.6 Å². The summed E-state index contributed by atoms with van der Waals surface area (Å²) in [6, 6.07) is 2.06. The van der Waals surface area contributed by atoms with E-state index in [1.165, 1.54) is 6.92 Å². The van der Waals surface area contributed by atoms with Gasteiger partial charge in [-0.15, -0.1) is 0 Å². The first-order valence-corrected chi connectivity index (χ1v) is 6.40. The van der Waals surface area contributed by atoms with Crippen molar-refractivity contribution in [2.24, 2.45) is 0 Å². The van der Waals surface area contributed by atoms with Crippen LogP contribution in [-0.4, -0.2) is 30.5 Å². The van der Waals surface area contributed by atoms with Crippen LogP contribution >= 0.6 is 0 Å². The molecule has 0 atom stereocenters. The Morgan fingerprint density at radius 3 is 2.65 bits per heavy atom. The molecular weight excluding hydrogens is 265 g/mol. The van der Waals surface area contributed by atoms with Gasteiger partial charge >= 0.3 is 0 Å². The molecule has 20 heavy (non-hydrogen) atoms. The normalized spacial score (nSPS) is 10.3. The van der Waals surface area contributed by atoms with Crippen molar-refractivity contribution in [1.29, 1.82) is 0 Å². The highest BCUT2D eigenvalue weighted by Gasteiger charge is 2.19. The zero-order valence-corrected chi connectivity index (χ0v) is 11.5. The molecule has 2 N–H and O–H groups in total. The minimum atomic E-state index is -0.727. The number of non-ortho nitro benzene ring substituents is 1. The molecule has 0 fully saturated rings. The highest BCUT2D eigenvalue weighted by atomic mass is 19.1. The first-order chi connectivity index (χ1) is 9.47. The van der Waals surface area contributed by atoms with Gasteiger partial charge in [0.2, 0.25) is 0 Å². The molecule has 0 aliphatic heterocycles. The number of hydrogen-bond acceptors (Lipinski definition) is 4. The molecule has 7 heteroatoms. The molecule has 0 bridgehead atoms. The molecule has 0 spiro atoms. The number of hydrogen-bond donors (Lipinski definition) is 2. The van der Waals surface area contributed by atoms with E-state index in [-0.39, 0.29) is 16.8 Å². The van der Waals surface area contributed by atoms with Gasteiger partial charge in [0.25, 0.3) is 11.6 Å². The number of aryl methyl sites for hydroxylation is 1. The molecule has 1 amide bonds. The van der Waals surface area contributed by atoms with Crippen LogP contribution in [-0.2, 0) is 0 Å². The van der Waals surface area contributed by atoms with E-state index in [0.717, 1.165) is 25.1 Å². The van der Waals surface area contributed by atoms with Crippen LogP contribution in [0.3, 0.4) is 0 Å². The maximum absolute atomic E-state index is 13.8.